The van der Waals surface area contributed by atoms with Crippen molar-refractivity contribution in [1.29, 1.82) is 0 Å². The third-order valence-electron chi connectivity index (χ3n) is 3.41. The molecule has 21 heavy (non-hydrogen) atoms. The first-order valence-electron chi connectivity index (χ1n) is 7.83. The summed E-state index contributed by atoms with van der Waals surface area (Å²) in [6, 6.07) is 19.4. The highest BCUT2D eigenvalue weighted by Crippen LogP contribution is 2.24. The van der Waals surface area contributed by atoms with Crippen molar-refractivity contribution in [1.82, 2.24) is 0 Å². The Morgan fingerprint density at radius 3 is 2.19 bits per heavy atom. The molecule has 1 heteroatoms. The fourth-order valence-electron chi connectivity index (χ4n) is 2.18. The Kier molecular flexibility index (Phi) is 7.17. The van der Waals surface area contributed by atoms with Crippen molar-refractivity contribution in [3.8, 4) is 11.1 Å². The summed E-state index contributed by atoms with van der Waals surface area (Å²) in [6.45, 7) is 2.24. The highest BCUT2D eigenvalue weighted by molar-refractivity contribution is 7.99. The molecule has 0 N–H and O–H groups in total. The van der Waals surface area contributed by atoms with Crippen LogP contribution in [0.2, 0.25) is 0 Å². The third kappa shape index (κ3) is 5.81. The molecule has 0 aliphatic rings. The van der Waals surface area contributed by atoms with Crippen LogP contribution in [0.3, 0.4) is 0 Å². The summed E-state index contributed by atoms with van der Waals surface area (Å²) in [5.74, 6) is 1.16. The lowest BCUT2D eigenvalue weighted by Crippen LogP contribution is -1.80. The van der Waals surface area contributed by atoms with Crippen molar-refractivity contribution in [2.75, 3.05) is 5.75 Å². The van der Waals surface area contributed by atoms with E-state index in [9.17, 15) is 0 Å². The van der Waals surface area contributed by atoms with Crippen LogP contribution in [0.15, 0.2) is 71.6 Å². The molecule has 2 aromatic rings. The molecule has 0 aliphatic heterocycles. The Hall–Kier alpha value is -1.47. The summed E-state index contributed by atoms with van der Waals surface area (Å²) < 4.78 is 0. The average molecular weight is 296 g/mol. The fourth-order valence-corrected chi connectivity index (χ4v) is 2.99. The van der Waals surface area contributed by atoms with Gasteiger partial charge in [-0.2, -0.15) is 0 Å². The fraction of sp³-hybridized carbons (Fsp3) is 0.300. The number of rotatable bonds is 8. The summed E-state index contributed by atoms with van der Waals surface area (Å²) in [4.78, 5) is 1.36. The summed E-state index contributed by atoms with van der Waals surface area (Å²) in [6.07, 6.45) is 9.63. The maximum Gasteiger partial charge on any atom is 0.00724 e. The van der Waals surface area contributed by atoms with E-state index in [4.69, 9.17) is 0 Å². The quantitative estimate of drug-likeness (QED) is 0.301. The van der Waals surface area contributed by atoms with Crippen LogP contribution in [0.25, 0.3) is 11.1 Å². The summed E-state index contributed by atoms with van der Waals surface area (Å²) in [5.41, 5.74) is 2.58. The molecule has 0 nitrogen and oxygen atoms in total. The van der Waals surface area contributed by atoms with Gasteiger partial charge in [-0.3, -0.25) is 0 Å². The van der Waals surface area contributed by atoms with Gasteiger partial charge in [0.1, 0.15) is 0 Å². The van der Waals surface area contributed by atoms with Crippen LogP contribution in [0, 0.1) is 0 Å². The molecule has 0 amide bonds. The minimum Gasteiger partial charge on any atom is -0.126 e. The molecule has 0 saturated heterocycles. The second-order valence-electron chi connectivity index (χ2n) is 5.14. The molecule has 0 spiro atoms. The molecular formula is C20H24S. The average Bonchev–Trinajstić information content (AvgIpc) is 2.55. The number of unbranched alkanes of at least 4 members (excludes halogenated alkanes) is 2. The van der Waals surface area contributed by atoms with Crippen LogP contribution in [0.5, 0.6) is 0 Å². The molecule has 0 saturated carbocycles. The summed E-state index contributed by atoms with van der Waals surface area (Å²) >= 11 is 1.94. The first kappa shape index (κ1) is 15.9. The van der Waals surface area contributed by atoms with Gasteiger partial charge in [-0.25, -0.2) is 0 Å². The second kappa shape index (κ2) is 9.46. The zero-order chi connectivity index (χ0) is 14.8. The molecule has 0 fully saturated rings. The normalized spacial score (nSPS) is 11.1. The predicted molar refractivity (Wildman–Crippen MR) is 95.9 cm³/mol. The molecule has 0 unspecified atom stereocenters. The number of hydrogen-bond acceptors (Lipinski definition) is 1. The molecule has 0 atom stereocenters. The Labute approximate surface area is 133 Å². The maximum atomic E-state index is 2.32. The van der Waals surface area contributed by atoms with Gasteiger partial charge >= 0.3 is 0 Å². The standard InChI is InChI=1S/C20H24S/c1-2-3-4-5-6-10-17-21-20-15-13-19(14-16-20)18-11-8-7-9-12-18/h5-9,11-16H,2-4,10,17H2,1H3. The van der Waals surface area contributed by atoms with Gasteiger partial charge in [0.05, 0.1) is 0 Å². The van der Waals surface area contributed by atoms with Crippen LogP contribution in [-0.4, -0.2) is 5.75 Å². The molecule has 0 radical (unpaired) electrons. The van der Waals surface area contributed by atoms with E-state index in [1.165, 1.54) is 35.3 Å². The minimum absolute atomic E-state index is 1.16. The SMILES string of the molecule is CCCCC=CCCSc1ccc(-c2ccccc2)cc1. The van der Waals surface area contributed by atoms with E-state index in [0.717, 1.165) is 12.2 Å². The van der Waals surface area contributed by atoms with Crippen LogP contribution in [0.4, 0.5) is 0 Å². The van der Waals surface area contributed by atoms with Gasteiger partial charge in [0.15, 0.2) is 0 Å². The maximum absolute atomic E-state index is 2.32. The number of thioether (sulfide) groups is 1. The Balaban J connectivity index is 1.77. The lowest BCUT2D eigenvalue weighted by atomic mass is 10.1. The molecule has 0 aromatic heterocycles. The molecular weight excluding hydrogens is 272 g/mol. The number of benzene rings is 2. The van der Waals surface area contributed by atoms with Gasteiger partial charge in [-0.15, -0.1) is 11.8 Å². The first-order chi connectivity index (χ1) is 10.4. The van der Waals surface area contributed by atoms with Crippen molar-refractivity contribution < 1.29 is 0 Å². The first-order valence-corrected chi connectivity index (χ1v) is 8.82. The van der Waals surface area contributed by atoms with Gasteiger partial charge in [0, 0.05) is 10.6 Å². The Morgan fingerprint density at radius 2 is 1.48 bits per heavy atom. The zero-order valence-corrected chi connectivity index (χ0v) is 13.6. The second-order valence-corrected chi connectivity index (χ2v) is 6.31. The van der Waals surface area contributed by atoms with E-state index in [1.54, 1.807) is 0 Å². The van der Waals surface area contributed by atoms with E-state index in [0.29, 0.717) is 0 Å². The van der Waals surface area contributed by atoms with E-state index in [1.807, 2.05) is 11.8 Å². The molecule has 110 valence electrons. The Bertz CT molecular complexity index is 526. The van der Waals surface area contributed by atoms with Gasteiger partial charge in [-0.05, 0) is 36.1 Å². The third-order valence-corrected chi connectivity index (χ3v) is 4.45. The molecule has 0 aliphatic carbocycles. The molecule has 2 rings (SSSR count). The highest BCUT2D eigenvalue weighted by atomic mass is 32.2. The van der Waals surface area contributed by atoms with E-state index < -0.39 is 0 Å². The lowest BCUT2D eigenvalue weighted by Gasteiger charge is -2.04. The van der Waals surface area contributed by atoms with Gasteiger partial charge in [-0.1, -0.05) is 74.4 Å². The number of hydrogen-bond donors (Lipinski definition) is 0. The van der Waals surface area contributed by atoms with E-state index >= 15 is 0 Å². The summed E-state index contributed by atoms with van der Waals surface area (Å²) in [5, 5.41) is 0. The van der Waals surface area contributed by atoms with Crippen LogP contribution < -0.4 is 0 Å². The van der Waals surface area contributed by atoms with Crippen LogP contribution in [0.1, 0.15) is 32.6 Å². The molecule has 2 aromatic carbocycles. The van der Waals surface area contributed by atoms with Crippen molar-refractivity contribution in [3.05, 3.63) is 66.7 Å². The van der Waals surface area contributed by atoms with Crippen molar-refractivity contribution >= 4 is 11.8 Å². The van der Waals surface area contributed by atoms with Crippen LogP contribution in [-0.2, 0) is 0 Å². The van der Waals surface area contributed by atoms with Gasteiger partial charge in [0.25, 0.3) is 0 Å². The van der Waals surface area contributed by atoms with Crippen molar-refractivity contribution in [2.45, 2.75) is 37.5 Å². The van der Waals surface area contributed by atoms with E-state index in [2.05, 4.69) is 73.7 Å². The van der Waals surface area contributed by atoms with Crippen LogP contribution >= 0.6 is 11.8 Å². The van der Waals surface area contributed by atoms with Gasteiger partial charge in [0.2, 0.25) is 0 Å². The largest absolute Gasteiger partial charge is 0.126 e. The lowest BCUT2D eigenvalue weighted by molar-refractivity contribution is 0.813. The van der Waals surface area contributed by atoms with Crippen molar-refractivity contribution in [3.63, 3.8) is 0 Å². The van der Waals surface area contributed by atoms with E-state index in [-0.39, 0.29) is 0 Å². The topological polar surface area (TPSA) is 0 Å². The smallest absolute Gasteiger partial charge is 0.00724 e. The predicted octanol–water partition coefficient (Wildman–Crippen LogP) is 6.58. The zero-order valence-electron chi connectivity index (χ0n) is 12.8. The van der Waals surface area contributed by atoms with Crippen molar-refractivity contribution in [2.24, 2.45) is 0 Å². The minimum atomic E-state index is 1.16. The highest BCUT2D eigenvalue weighted by Gasteiger charge is 1.97. The van der Waals surface area contributed by atoms with Gasteiger partial charge < -0.3 is 0 Å². The molecule has 0 bridgehead atoms. The molecule has 0 heterocycles. The number of allylic oxidation sites excluding steroid dienone is 2. The monoisotopic (exact) mass is 296 g/mol. The summed E-state index contributed by atoms with van der Waals surface area (Å²) in [7, 11) is 0. The Morgan fingerprint density at radius 1 is 0.810 bits per heavy atom.